The number of hydrogen-bond donors (Lipinski definition) is 0. The summed E-state index contributed by atoms with van der Waals surface area (Å²) in [6.07, 6.45) is -0.420. The van der Waals surface area contributed by atoms with E-state index in [9.17, 15) is 0 Å². The molecular formula is C16H24N2O2. The highest BCUT2D eigenvalue weighted by atomic mass is 16.7. The van der Waals surface area contributed by atoms with Gasteiger partial charge in [0.15, 0.2) is 5.82 Å². The molecular weight excluding hydrogens is 252 g/mol. The third-order valence-corrected chi connectivity index (χ3v) is 3.10. The maximum absolute atomic E-state index is 5.73. The monoisotopic (exact) mass is 276 g/mol. The van der Waals surface area contributed by atoms with Gasteiger partial charge in [0.05, 0.1) is 11.0 Å². The van der Waals surface area contributed by atoms with Crippen molar-refractivity contribution < 1.29 is 9.47 Å². The molecule has 0 unspecified atom stereocenters. The number of aromatic nitrogens is 2. The molecule has 0 radical (unpaired) electrons. The fraction of sp³-hybridized carbons (Fsp3) is 0.562. The largest absolute Gasteiger partial charge is 0.346 e. The standard InChI is InChI=1S/C16H24N2O2/c1-6-19-15(20-7-2)14-17-12-10-8-9-11-13(12)18(14)16(3,4)5/h8-11,15H,6-7H2,1-5H3. The van der Waals surface area contributed by atoms with Gasteiger partial charge in [-0.25, -0.2) is 4.98 Å². The molecule has 0 fully saturated rings. The highest BCUT2D eigenvalue weighted by Crippen LogP contribution is 2.30. The van der Waals surface area contributed by atoms with Crippen molar-refractivity contribution in [2.75, 3.05) is 13.2 Å². The van der Waals surface area contributed by atoms with Crippen LogP contribution in [0.15, 0.2) is 24.3 Å². The molecule has 2 rings (SSSR count). The molecule has 0 aliphatic heterocycles. The third-order valence-electron chi connectivity index (χ3n) is 3.10. The minimum absolute atomic E-state index is 0.0854. The van der Waals surface area contributed by atoms with E-state index < -0.39 is 6.29 Å². The second-order valence-corrected chi connectivity index (χ2v) is 5.71. The lowest BCUT2D eigenvalue weighted by Crippen LogP contribution is -2.27. The van der Waals surface area contributed by atoms with Gasteiger partial charge in [0.25, 0.3) is 0 Å². The van der Waals surface area contributed by atoms with Crippen LogP contribution in [0.3, 0.4) is 0 Å². The van der Waals surface area contributed by atoms with E-state index in [1.807, 2.05) is 32.0 Å². The van der Waals surface area contributed by atoms with E-state index in [1.165, 1.54) is 0 Å². The second-order valence-electron chi connectivity index (χ2n) is 5.71. The Morgan fingerprint density at radius 1 is 1.10 bits per heavy atom. The summed E-state index contributed by atoms with van der Waals surface area (Å²) in [7, 11) is 0. The number of imidazole rings is 1. The predicted molar refractivity (Wildman–Crippen MR) is 80.7 cm³/mol. The van der Waals surface area contributed by atoms with Crippen LogP contribution in [0.5, 0.6) is 0 Å². The van der Waals surface area contributed by atoms with Crippen molar-refractivity contribution in [1.29, 1.82) is 0 Å². The number of nitrogens with zero attached hydrogens (tertiary/aromatic N) is 2. The fourth-order valence-electron chi connectivity index (χ4n) is 2.41. The average molecular weight is 276 g/mol. The molecule has 0 amide bonds. The Balaban J connectivity index is 2.61. The van der Waals surface area contributed by atoms with Gasteiger partial charge in [-0.05, 0) is 46.8 Å². The molecule has 0 aliphatic rings. The molecule has 0 spiro atoms. The topological polar surface area (TPSA) is 36.3 Å². The lowest BCUT2D eigenvalue weighted by Gasteiger charge is -2.27. The number of para-hydroxylation sites is 2. The van der Waals surface area contributed by atoms with Crippen molar-refractivity contribution in [3.05, 3.63) is 30.1 Å². The van der Waals surface area contributed by atoms with Crippen LogP contribution < -0.4 is 0 Å². The van der Waals surface area contributed by atoms with Gasteiger partial charge in [0.2, 0.25) is 6.29 Å². The van der Waals surface area contributed by atoms with Gasteiger partial charge in [0.1, 0.15) is 0 Å². The van der Waals surface area contributed by atoms with Crippen molar-refractivity contribution in [1.82, 2.24) is 9.55 Å². The molecule has 0 atom stereocenters. The quantitative estimate of drug-likeness (QED) is 0.778. The van der Waals surface area contributed by atoms with Gasteiger partial charge in [-0.1, -0.05) is 12.1 Å². The first-order chi connectivity index (χ1) is 9.49. The maximum atomic E-state index is 5.73. The molecule has 1 aromatic carbocycles. The van der Waals surface area contributed by atoms with Crippen molar-refractivity contribution in [2.45, 2.75) is 46.4 Å². The Morgan fingerprint density at radius 3 is 2.25 bits per heavy atom. The molecule has 1 aromatic heterocycles. The molecule has 2 aromatic rings. The second kappa shape index (κ2) is 5.94. The van der Waals surface area contributed by atoms with Crippen LogP contribution >= 0.6 is 0 Å². The molecule has 20 heavy (non-hydrogen) atoms. The summed E-state index contributed by atoms with van der Waals surface area (Å²) in [5.74, 6) is 0.836. The summed E-state index contributed by atoms with van der Waals surface area (Å²) in [6.45, 7) is 11.6. The first kappa shape index (κ1) is 15.0. The maximum Gasteiger partial charge on any atom is 0.217 e. The molecule has 0 aliphatic carbocycles. The summed E-state index contributed by atoms with van der Waals surface area (Å²) in [5.41, 5.74) is 2.00. The normalized spacial score (nSPS) is 12.5. The van der Waals surface area contributed by atoms with Gasteiger partial charge in [-0.2, -0.15) is 0 Å². The van der Waals surface area contributed by atoms with Crippen molar-refractivity contribution in [3.8, 4) is 0 Å². The Bertz CT molecular complexity index is 563. The zero-order chi connectivity index (χ0) is 14.8. The van der Waals surface area contributed by atoms with E-state index >= 15 is 0 Å². The van der Waals surface area contributed by atoms with Crippen LogP contribution in [-0.4, -0.2) is 22.8 Å². The van der Waals surface area contributed by atoms with Gasteiger partial charge in [-0.3, -0.25) is 0 Å². The summed E-state index contributed by atoms with van der Waals surface area (Å²) >= 11 is 0. The third kappa shape index (κ3) is 2.86. The molecule has 1 heterocycles. The lowest BCUT2D eigenvalue weighted by atomic mass is 10.1. The minimum Gasteiger partial charge on any atom is -0.346 e. The SMILES string of the molecule is CCOC(OCC)c1nc2ccccc2n1C(C)(C)C. The van der Waals surface area contributed by atoms with E-state index in [0.717, 1.165) is 16.9 Å². The predicted octanol–water partition coefficient (Wildman–Crippen LogP) is 3.86. The number of ether oxygens (including phenoxy) is 2. The van der Waals surface area contributed by atoms with Gasteiger partial charge < -0.3 is 14.0 Å². The summed E-state index contributed by atoms with van der Waals surface area (Å²) < 4.78 is 13.7. The van der Waals surface area contributed by atoms with Gasteiger partial charge >= 0.3 is 0 Å². The number of hydrogen-bond acceptors (Lipinski definition) is 3. The van der Waals surface area contributed by atoms with Crippen molar-refractivity contribution in [2.24, 2.45) is 0 Å². The van der Waals surface area contributed by atoms with Gasteiger partial charge in [0, 0.05) is 18.8 Å². The van der Waals surface area contributed by atoms with Crippen molar-refractivity contribution >= 4 is 11.0 Å². The van der Waals surface area contributed by atoms with Crippen LogP contribution in [-0.2, 0) is 15.0 Å². The smallest absolute Gasteiger partial charge is 0.217 e. The van der Waals surface area contributed by atoms with E-state index in [4.69, 9.17) is 14.5 Å². The Hall–Kier alpha value is -1.39. The minimum atomic E-state index is -0.420. The number of fused-ring (bicyclic) bond motifs is 1. The molecule has 0 N–H and O–H groups in total. The summed E-state index contributed by atoms with van der Waals surface area (Å²) in [5, 5.41) is 0. The number of rotatable bonds is 5. The molecule has 4 nitrogen and oxygen atoms in total. The molecule has 0 saturated heterocycles. The van der Waals surface area contributed by atoms with Crippen LogP contribution in [0.4, 0.5) is 0 Å². The molecule has 110 valence electrons. The van der Waals surface area contributed by atoms with E-state index in [-0.39, 0.29) is 5.54 Å². The Kier molecular flexibility index (Phi) is 4.45. The van der Waals surface area contributed by atoms with Crippen LogP contribution in [0.1, 0.15) is 46.7 Å². The Labute approximate surface area is 120 Å². The van der Waals surface area contributed by atoms with Crippen LogP contribution in [0.2, 0.25) is 0 Å². The van der Waals surface area contributed by atoms with Crippen molar-refractivity contribution in [3.63, 3.8) is 0 Å². The zero-order valence-corrected chi connectivity index (χ0v) is 13.0. The van der Waals surface area contributed by atoms with E-state index in [0.29, 0.717) is 13.2 Å². The van der Waals surface area contributed by atoms with Crippen LogP contribution in [0, 0.1) is 0 Å². The zero-order valence-electron chi connectivity index (χ0n) is 13.0. The molecule has 0 bridgehead atoms. The van der Waals surface area contributed by atoms with E-state index in [1.54, 1.807) is 0 Å². The molecule has 0 saturated carbocycles. The van der Waals surface area contributed by atoms with E-state index in [2.05, 4.69) is 31.4 Å². The fourth-order valence-corrected chi connectivity index (χ4v) is 2.41. The lowest BCUT2D eigenvalue weighted by molar-refractivity contribution is -0.147. The Morgan fingerprint density at radius 2 is 1.70 bits per heavy atom. The molecule has 4 heteroatoms. The van der Waals surface area contributed by atoms with Crippen LogP contribution in [0.25, 0.3) is 11.0 Å². The first-order valence-corrected chi connectivity index (χ1v) is 7.20. The average Bonchev–Trinajstić information content (AvgIpc) is 2.77. The summed E-state index contributed by atoms with van der Waals surface area (Å²) in [6, 6.07) is 8.15. The highest BCUT2D eigenvalue weighted by Gasteiger charge is 2.27. The first-order valence-electron chi connectivity index (χ1n) is 7.20. The van der Waals surface area contributed by atoms with Gasteiger partial charge in [-0.15, -0.1) is 0 Å². The summed E-state index contributed by atoms with van der Waals surface area (Å²) in [4.78, 5) is 4.73. The highest BCUT2D eigenvalue weighted by molar-refractivity contribution is 5.76. The number of benzene rings is 1.